The number of nitrogens with zero attached hydrogens (tertiary/aromatic N) is 4. The van der Waals surface area contributed by atoms with Crippen LogP contribution in [0.3, 0.4) is 0 Å². The predicted molar refractivity (Wildman–Crippen MR) is 111 cm³/mol. The van der Waals surface area contributed by atoms with Crippen LogP contribution in [0.1, 0.15) is 45.0 Å². The zero-order valence-corrected chi connectivity index (χ0v) is 18.5. The van der Waals surface area contributed by atoms with Crippen molar-refractivity contribution in [3.63, 3.8) is 0 Å². The number of hydrogen-bond acceptors (Lipinski definition) is 8. The van der Waals surface area contributed by atoms with Gasteiger partial charge in [-0.25, -0.2) is 12.8 Å². The van der Waals surface area contributed by atoms with Gasteiger partial charge in [0.2, 0.25) is 15.0 Å². The summed E-state index contributed by atoms with van der Waals surface area (Å²) in [6.07, 6.45) is 1.38. The van der Waals surface area contributed by atoms with Crippen LogP contribution in [0.2, 0.25) is 0 Å². The van der Waals surface area contributed by atoms with Crippen LogP contribution in [0.15, 0.2) is 33.7 Å². The second-order valence-electron chi connectivity index (χ2n) is 7.27. The van der Waals surface area contributed by atoms with E-state index in [1.165, 1.54) is 22.5 Å². The molecule has 0 saturated carbocycles. The molecule has 1 saturated heterocycles. The molecule has 0 radical (unpaired) electrons. The van der Waals surface area contributed by atoms with Gasteiger partial charge in [0.15, 0.2) is 5.76 Å². The molecule has 0 bridgehead atoms. The Hall–Kier alpha value is -2.70. The van der Waals surface area contributed by atoms with E-state index in [4.69, 9.17) is 4.52 Å². The number of anilines is 1. The maximum atomic E-state index is 13.3. The van der Waals surface area contributed by atoms with E-state index in [2.05, 4.69) is 20.7 Å². The largest absolute Gasteiger partial charge is 0.360 e. The smallest absolute Gasteiger partial charge is 0.286 e. The first-order valence-corrected chi connectivity index (χ1v) is 11.8. The Morgan fingerprint density at radius 3 is 2.84 bits per heavy atom. The highest BCUT2D eigenvalue weighted by Crippen LogP contribution is 2.33. The van der Waals surface area contributed by atoms with Crippen molar-refractivity contribution in [2.24, 2.45) is 0 Å². The molecule has 164 valence electrons. The second-order valence-corrected chi connectivity index (χ2v) is 10.1. The maximum absolute atomic E-state index is 13.3. The Morgan fingerprint density at radius 1 is 1.32 bits per heavy atom. The van der Waals surface area contributed by atoms with E-state index in [1.54, 1.807) is 19.9 Å². The first kappa shape index (κ1) is 21.5. The Morgan fingerprint density at radius 2 is 2.13 bits per heavy atom. The summed E-state index contributed by atoms with van der Waals surface area (Å²) >= 11 is 1.11. The molecule has 0 spiro atoms. The van der Waals surface area contributed by atoms with Gasteiger partial charge in [0.25, 0.3) is 5.91 Å². The highest BCUT2D eigenvalue weighted by atomic mass is 32.2. The van der Waals surface area contributed by atoms with E-state index >= 15 is 0 Å². The van der Waals surface area contributed by atoms with E-state index in [-0.39, 0.29) is 28.1 Å². The number of benzene rings is 1. The Labute approximate surface area is 182 Å². The number of halogens is 1. The summed E-state index contributed by atoms with van der Waals surface area (Å²) < 4.78 is 46.0. The molecule has 3 heterocycles. The number of aromatic nitrogens is 3. The topological polar surface area (TPSA) is 118 Å². The fourth-order valence-electron chi connectivity index (χ4n) is 3.58. The lowest BCUT2D eigenvalue weighted by Crippen LogP contribution is -2.39. The van der Waals surface area contributed by atoms with Crippen molar-refractivity contribution in [1.82, 2.24) is 19.7 Å². The van der Waals surface area contributed by atoms with Crippen LogP contribution in [-0.4, -0.2) is 47.1 Å². The van der Waals surface area contributed by atoms with Crippen molar-refractivity contribution in [1.29, 1.82) is 0 Å². The summed E-state index contributed by atoms with van der Waals surface area (Å²) in [4.78, 5) is 12.5. The quantitative estimate of drug-likeness (QED) is 0.615. The summed E-state index contributed by atoms with van der Waals surface area (Å²) in [5.41, 5.74) is 0.642. The van der Waals surface area contributed by atoms with Crippen LogP contribution in [-0.2, 0) is 10.0 Å². The lowest BCUT2D eigenvalue weighted by Gasteiger charge is -2.30. The Balaban J connectivity index is 1.49. The van der Waals surface area contributed by atoms with Crippen molar-refractivity contribution >= 4 is 33.0 Å². The summed E-state index contributed by atoms with van der Waals surface area (Å²) in [6.45, 7) is 3.78. The number of amides is 1. The molecule has 1 amide bonds. The third-order valence-corrected chi connectivity index (χ3v) is 8.21. The van der Waals surface area contributed by atoms with E-state index in [0.29, 0.717) is 29.4 Å². The van der Waals surface area contributed by atoms with E-state index in [0.717, 1.165) is 17.8 Å². The predicted octanol–water partition coefficient (Wildman–Crippen LogP) is 3.10. The van der Waals surface area contributed by atoms with Crippen LogP contribution in [0.25, 0.3) is 0 Å². The highest BCUT2D eigenvalue weighted by molar-refractivity contribution is 7.89. The van der Waals surface area contributed by atoms with Gasteiger partial charge in [-0.15, -0.1) is 10.2 Å². The molecular weight excluding hydrogens is 445 g/mol. The van der Waals surface area contributed by atoms with Gasteiger partial charge in [-0.2, -0.15) is 4.31 Å². The third-order valence-electron chi connectivity index (χ3n) is 5.02. The molecule has 1 aliphatic heterocycles. The molecule has 1 fully saturated rings. The molecular formula is C19H20FN5O4S2. The van der Waals surface area contributed by atoms with Crippen molar-refractivity contribution in [2.75, 3.05) is 18.4 Å². The molecule has 0 aliphatic carbocycles. The summed E-state index contributed by atoms with van der Waals surface area (Å²) in [6, 6.07) is 5.55. The highest BCUT2D eigenvalue weighted by Gasteiger charge is 2.36. The molecule has 1 aliphatic rings. The first-order chi connectivity index (χ1) is 14.8. The minimum Gasteiger partial charge on any atom is -0.360 e. The summed E-state index contributed by atoms with van der Waals surface area (Å²) in [5.74, 6) is -0.882. The minimum atomic E-state index is -3.76. The Kier molecular flexibility index (Phi) is 5.86. The molecule has 1 atom stereocenters. The molecule has 1 N–H and O–H groups in total. The molecule has 1 aromatic carbocycles. The average molecular weight is 466 g/mol. The lowest BCUT2D eigenvalue weighted by atomic mass is 10.0. The standard InChI is InChI=1S/C19H20FN5O4S2/c1-11-16(12(2)29-24-11)31(27,28)25-8-4-5-13(10-25)18-22-23-19(30-18)17(26)21-15-7-3-6-14(20)9-15/h3,6-7,9,13H,4-5,8,10H2,1-2H3,(H,21,26)/t13-/m1/s1. The monoisotopic (exact) mass is 465 g/mol. The van der Waals surface area contributed by atoms with Gasteiger partial charge in [-0.3, -0.25) is 4.79 Å². The number of nitrogens with one attached hydrogen (secondary N) is 1. The number of piperidine rings is 1. The number of hydrogen-bond donors (Lipinski definition) is 1. The van der Waals surface area contributed by atoms with Gasteiger partial charge in [0.05, 0.1) is 0 Å². The molecule has 0 unspecified atom stereocenters. The number of sulfonamides is 1. The van der Waals surface area contributed by atoms with Crippen LogP contribution in [0, 0.1) is 19.7 Å². The molecule has 12 heteroatoms. The van der Waals surface area contributed by atoms with Gasteiger partial charge in [0, 0.05) is 24.7 Å². The van der Waals surface area contributed by atoms with Gasteiger partial charge in [-0.05, 0) is 44.9 Å². The fraction of sp³-hybridized carbons (Fsp3) is 0.368. The zero-order chi connectivity index (χ0) is 22.2. The first-order valence-electron chi connectivity index (χ1n) is 9.59. The van der Waals surface area contributed by atoms with Crippen LogP contribution >= 0.6 is 11.3 Å². The lowest BCUT2D eigenvalue weighted by molar-refractivity contribution is 0.102. The summed E-state index contributed by atoms with van der Waals surface area (Å²) in [5, 5.41) is 15.1. The molecule has 2 aromatic heterocycles. The fourth-order valence-corrected chi connectivity index (χ4v) is 6.26. The van der Waals surface area contributed by atoms with Gasteiger partial charge < -0.3 is 9.84 Å². The van der Waals surface area contributed by atoms with Gasteiger partial charge >= 0.3 is 0 Å². The molecule has 31 heavy (non-hydrogen) atoms. The van der Waals surface area contributed by atoms with Crippen molar-refractivity contribution < 1.29 is 22.1 Å². The van der Waals surface area contributed by atoms with E-state index in [9.17, 15) is 17.6 Å². The van der Waals surface area contributed by atoms with Crippen molar-refractivity contribution in [3.05, 3.63) is 51.6 Å². The normalized spacial score (nSPS) is 17.6. The van der Waals surface area contributed by atoms with E-state index < -0.39 is 21.7 Å². The van der Waals surface area contributed by atoms with Crippen LogP contribution < -0.4 is 5.32 Å². The van der Waals surface area contributed by atoms with Gasteiger partial charge in [-0.1, -0.05) is 22.6 Å². The van der Waals surface area contributed by atoms with Gasteiger partial charge in [0.1, 0.15) is 21.4 Å². The number of rotatable bonds is 5. The van der Waals surface area contributed by atoms with Crippen LogP contribution in [0.5, 0.6) is 0 Å². The zero-order valence-electron chi connectivity index (χ0n) is 16.8. The number of aryl methyl sites for hydroxylation is 2. The summed E-state index contributed by atoms with van der Waals surface area (Å²) in [7, 11) is -3.76. The average Bonchev–Trinajstić information content (AvgIpc) is 3.35. The van der Waals surface area contributed by atoms with Crippen LogP contribution in [0.4, 0.5) is 10.1 Å². The maximum Gasteiger partial charge on any atom is 0.286 e. The van der Waals surface area contributed by atoms with Crippen molar-refractivity contribution in [3.8, 4) is 0 Å². The molecule has 3 aromatic rings. The second kappa shape index (κ2) is 8.44. The minimum absolute atomic E-state index is 0.0978. The Bertz CT molecular complexity index is 1200. The number of carbonyl (C=O) groups is 1. The SMILES string of the molecule is Cc1noc(C)c1S(=O)(=O)N1CCC[C@@H](c2nnc(C(=O)Nc3cccc(F)c3)s2)C1. The van der Waals surface area contributed by atoms with Crippen molar-refractivity contribution in [2.45, 2.75) is 37.5 Å². The molecule has 4 rings (SSSR count). The third kappa shape index (κ3) is 4.36. The van der Waals surface area contributed by atoms with E-state index in [1.807, 2.05) is 0 Å². The number of carbonyl (C=O) groups excluding carboxylic acids is 1. The molecule has 9 nitrogen and oxygen atoms in total.